The lowest BCUT2D eigenvalue weighted by Crippen LogP contribution is -2.47. The first-order chi connectivity index (χ1) is 7.41. The maximum atomic E-state index is 11.6. The highest BCUT2D eigenvalue weighted by Gasteiger charge is 2.22. The predicted molar refractivity (Wildman–Crippen MR) is 58.3 cm³/mol. The fraction of sp³-hybridized carbons (Fsp3) is 0.444. The van der Waals surface area contributed by atoms with Crippen molar-refractivity contribution in [1.82, 2.24) is 15.5 Å². The number of rotatable bonds is 4. The van der Waals surface area contributed by atoms with E-state index in [2.05, 4.69) is 15.5 Å². The highest BCUT2D eigenvalue weighted by molar-refractivity contribution is 5.96. The molecular weight excluding hydrogens is 210 g/mol. The molecule has 16 heavy (non-hydrogen) atoms. The van der Waals surface area contributed by atoms with E-state index in [-0.39, 0.29) is 17.4 Å². The summed E-state index contributed by atoms with van der Waals surface area (Å²) in [4.78, 5) is 22.7. The molecule has 1 rings (SSSR count). The second-order valence-corrected chi connectivity index (χ2v) is 3.80. The van der Waals surface area contributed by atoms with Gasteiger partial charge in [-0.05, 0) is 5.92 Å². The molecule has 0 saturated carbocycles. The standard InChI is InChI=1S/C9H15N5O2/c1-4(2)7(8(11)15)12-9(16)5-3-6(10)14-13-5/h3-4,7H,1-2H3,(H2,11,15)(H,12,16)(H3,10,13,14). The SMILES string of the molecule is CC(C)C(NC(=O)c1cc(N)n[nH]1)C(N)=O. The molecule has 88 valence electrons. The Kier molecular flexibility index (Phi) is 3.49. The monoisotopic (exact) mass is 225 g/mol. The molecule has 1 aromatic rings. The van der Waals surface area contributed by atoms with E-state index < -0.39 is 17.9 Å². The van der Waals surface area contributed by atoms with Crippen LogP contribution in [0.3, 0.4) is 0 Å². The number of aromatic nitrogens is 2. The summed E-state index contributed by atoms with van der Waals surface area (Å²) in [5, 5.41) is 8.56. The molecule has 7 nitrogen and oxygen atoms in total. The Hall–Kier alpha value is -2.05. The number of nitrogens with one attached hydrogen (secondary N) is 2. The summed E-state index contributed by atoms with van der Waals surface area (Å²) in [7, 11) is 0. The largest absolute Gasteiger partial charge is 0.382 e. The summed E-state index contributed by atoms with van der Waals surface area (Å²) in [6.07, 6.45) is 0. The number of amides is 2. The fourth-order valence-electron chi connectivity index (χ4n) is 1.24. The number of nitrogen functional groups attached to an aromatic ring is 1. The molecule has 1 aromatic heterocycles. The van der Waals surface area contributed by atoms with Crippen LogP contribution in [0.1, 0.15) is 24.3 Å². The zero-order valence-corrected chi connectivity index (χ0v) is 9.15. The number of hydrogen-bond acceptors (Lipinski definition) is 4. The number of primary amides is 1. The predicted octanol–water partition coefficient (Wildman–Crippen LogP) is -0.768. The van der Waals surface area contributed by atoms with E-state index in [1.165, 1.54) is 6.07 Å². The molecule has 0 saturated heterocycles. The molecule has 7 heteroatoms. The van der Waals surface area contributed by atoms with Gasteiger partial charge in [0, 0.05) is 6.07 Å². The topological polar surface area (TPSA) is 127 Å². The summed E-state index contributed by atoms with van der Waals surface area (Å²) in [5.74, 6) is -0.899. The van der Waals surface area contributed by atoms with Crippen LogP contribution in [0.25, 0.3) is 0 Å². The van der Waals surface area contributed by atoms with Gasteiger partial charge in [-0.1, -0.05) is 13.8 Å². The summed E-state index contributed by atoms with van der Waals surface area (Å²) in [6.45, 7) is 3.58. The Morgan fingerprint density at radius 3 is 2.50 bits per heavy atom. The van der Waals surface area contributed by atoms with Gasteiger partial charge >= 0.3 is 0 Å². The third-order valence-electron chi connectivity index (χ3n) is 2.10. The number of nitrogens with two attached hydrogens (primary N) is 2. The summed E-state index contributed by atoms with van der Waals surface area (Å²) in [5.41, 5.74) is 10.7. The van der Waals surface area contributed by atoms with E-state index >= 15 is 0 Å². The van der Waals surface area contributed by atoms with Crippen molar-refractivity contribution in [1.29, 1.82) is 0 Å². The molecule has 1 unspecified atom stereocenters. The molecule has 0 fully saturated rings. The molecule has 0 aromatic carbocycles. The molecule has 0 aliphatic rings. The smallest absolute Gasteiger partial charge is 0.270 e. The van der Waals surface area contributed by atoms with Crippen molar-refractivity contribution in [3.63, 3.8) is 0 Å². The van der Waals surface area contributed by atoms with E-state index in [0.29, 0.717) is 0 Å². The number of hydrogen-bond donors (Lipinski definition) is 4. The fourth-order valence-corrected chi connectivity index (χ4v) is 1.24. The lowest BCUT2D eigenvalue weighted by atomic mass is 10.0. The third kappa shape index (κ3) is 2.72. The minimum absolute atomic E-state index is 0.0817. The quantitative estimate of drug-likeness (QED) is 0.536. The summed E-state index contributed by atoms with van der Waals surface area (Å²) in [6, 6.07) is 0.672. The summed E-state index contributed by atoms with van der Waals surface area (Å²) >= 11 is 0. The first kappa shape index (κ1) is 12.0. The minimum Gasteiger partial charge on any atom is -0.382 e. The first-order valence-corrected chi connectivity index (χ1v) is 4.83. The van der Waals surface area contributed by atoms with Crippen LogP contribution in [0.15, 0.2) is 6.07 Å². The molecule has 2 amide bonds. The zero-order valence-electron chi connectivity index (χ0n) is 9.15. The van der Waals surface area contributed by atoms with Gasteiger partial charge in [0.2, 0.25) is 5.91 Å². The molecule has 0 spiro atoms. The van der Waals surface area contributed by atoms with Gasteiger partial charge in [-0.25, -0.2) is 0 Å². The zero-order chi connectivity index (χ0) is 12.3. The lowest BCUT2D eigenvalue weighted by molar-refractivity contribution is -0.120. The molecule has 0 aliphatic heterocycles. The van der Waals surface area contributed by atoms with Crippen LogP contribution in [0.4, 0.5) is 5.82 Å². The Bertz CT molecular complexity index is 398. The number of aromatic amines is 1. The second-order valence-electron chi connectivity index (χ2n) is 3.80. The van der Waals surface area contributed by atoms with Gasteiger partial charge in [0.25, 0.3) is 5.91 Å². The van der Waals surface area contributed by atoms with Crippen molar-refractivity contribution in [2.24, 2.45) is 11.7 Å². The molecular formula is C9H15N5O2. The van der Waals surface area contributed by atoms with Gasteiger partial charge < -0.3 is 16.8 Å². The normalized spacial score (nSPS) is 12.4. The second kappa shape index (κ2) is 4.65. The van der Waals surface area contributed by atoms with Crippen LogP contribution < -0.4 is 16.8 Å². The Morgan fingerprint density at radius 2 is 2.12 bits per heavy atom. The number of nitrogens with zero attached hydrogens (tertiary/aromatic N) is 1. The van der Waals surface area contributed by atoms with Gasteiger partial charge in [0.1, 0.15) is 17.6 Å². The number of carbonyl (C=O) groups excluding carboxylic acids is 2. The molecule has 0 radical (unpaired) electrons. The van der Waals surface area contributed by atoms with Crippen molar-refractivity contribution in [3.8, 4) is 0 Å². The van der Waals surface area contributed by atoms with Crippen LogP contribution in [0.2, 0.25) is 0 Å². The Labute approximate surface area is 92.6 Å². The highest BCUT2D eigenvalue weighted by Crippen LogP contribution is 2.04. The summed E-state index contributed by atoms with van der Waals surface area (Å²) < 4.78 is 0. The lowest BCUT2D eigenvalue weighted by Gasteiger charge is -2.18. The van der Waals surface area contributed by atoms with Crippen molar-refractivity contribution < 1.29 is 9.59 Å². The Morgan fingerprint density at radius 1 is 1.50 bits per heavy atom. The first-order valence-electron chi connectivity index (χ1n) is 4.83. The van der Waals surface area contributed by atoms with Crippen molar-refractivity contribution >= 4 is 17.6 Å². The van der Waals surface area contributed by atoms with E-state index in [9.17, 15) is 9.59 Å². The average molecular weight is 225 g/mol. The molecule has 6 N–H and O–H groups in total. The molecule has 0 bridgehead atoms. The van der Waals surface area contributed by atoms with Crippen LogP contribution in [-0.4, -0.2) is 28.1 Å². The number of H-pyrrole nitrogens is 1. The van der Waals surface area contributed by atoms with Gasteiger partial charge in [-0.15, -0.1) is 0 Å². The highest BCUT2D eigenvalue weighted by atomic mass is 16.2. The third-order valence-corrected chi connectivity index (χ3v) is 2.10. The van der Waals surface area contributed by atoms with Crippen molar-refractivity contribution in [2.75, 3.05) is 5.73 Å². The average Bonchev–Trinajstić information content (AvgIpc) is 2.59. The number of carbonyl (C=O) groups is 2. The molecule has 1 atom stereocenters. The number of anilines is 1. The van der Waals surface area contributed by atoms with Crippen LogP contribution >= 0.6 is 0 Å². The van der Waals surface area contributed by atoms with E-state index in [4.69, 9.17) is 11.5 Å². The van der Waals surface area contributed by atoms with Crippen molar-refractivity contribution in [3.05, 3.63) is 11.8 Å². The molecule has 0 aliphatic carbocycles. The van der Waals surface area contributed by atoms with Gasteiger partial charge in [-0.3, -0.25) is 14.7 Å². The van der Waals surface area contributed by atoms with E-state index in [1.54, 1.807) is 13.8 Å². The van der Waals surface area contributed by atoms with Crippen molar-refractivity contribution in [2.45, 2.75) is 19.9 Å². The van der Waals surface area contributed by atoms with Crippen LogP contribution in [0, 0.1) is 5.92 Å². The van der Waals surface area contributed by atoms with Gasteiger partial charge in [0.15, 0.2) is 0 Å². The van der Waals surface area contributed by atoms with Crippen LogP contribution in [0.5, 0.6) is 0 Å². The van der Waals surface area contributed by atoms with Gasteiger partial charge in [0.05, 0.1) is 0 Å². The van der Waals surface area contributed by atoms with E-state index in [0.717, 1.165) is 0 Å². The van der Waals surface area contributed by atoms with E-state index in [1.807, 2.05) is 0 Å². The maximum absolute atomic E-state index is 11.6. The minimum atomic E-state index is -0.711. The Balaban J connectivity index is 2.73. The van der Waals surface area contributed by atoms with Gasteiger partial charge in [-0.2, -0.15) is 5.10 Å². The maximum Gasteiger partial charge on any atom is 0.270 e. The molecule has 1 heterocycles. The van der Waals surface area contributed by atoms with Crippen LogP contribution in [-0.2, 0) is 4.79 Å².